The maximum Gasteiger partial charge on any atom is 0.219 e. The van der Waals surface area contributed by atoms with Crippen LogP contribution in [0.1, 0.15) is 71.1 Å². The van der Waals surface area contributed by atoms with Gasteiger partial charge in [-0.3, -0.25) is 4.79 Å². The van der Waals surface area contributed by atoms with Gasteiger partial charge in [-0.1, -0.05) is 19.8 Å². The summed E-state index contributed by atoms with van der Waals surface area (Å²) in [6.45, 7) is 3.17. The first-order valence-electron chi connectivity index (χ1n) is 7.63. The van der Waals surface area contributed by atoms with Crippen LogP contribution in [0, 0.1) is 5.41 Å². The fourth-order valence-corrected chi connectivity index (χ4v) is 4.02. The van der Waals surface area contributed by atoms with Crippen molar-refractivity contribution in [3.63, 3.8) is 0 Å². The second-order valence-corrected chi connectivity index (χ2v) is 6.56. The number of carbonyl (C=O) groups excluding carboxylic acids is 1. The largest absolute Gasteiger partial charge is 0.370 e. The lowest BCUT2D eigenvalue weighted by molar-refractivity contribution is -0.120. The Hall–Kier alpha value is -0.570. The number of hydrogen-bond acceptors (Lipinski definition) is 2. The Balaban J connectivity index is 1.97. The zero-order valence-corrected chi connectivity index (χ0v) is 11.8. The molecular weight excluding hydrogens is 224 g/mol. The summed E-state index contributed by atoms with van der Waals surface area (Å²) >= 11 is 0. The Morgan fingerprint density at radius 3 is 2.22 bits per heavy atom. The van der Waals surface area contributed by atoms with E-state index in [0.29, 0.717) is 11.8 Å². The number of rotatable bonds is 5. The highest BCUT2D eigenvalue weighted by Gasteiger charge is 2.44. The molecule has 0 aromatic rings. The van der Waals surface area contributed by atoms with Crippen molar-refractivity contribution in [3.8, 4) is 0 Å². The summed E-state index contributed by atoms with van der Waals surface area (Å²) in [4.78, 5) is 11.3. The Labute approximate surface area is 111 Å². The minimum Gasteiger partial charge on any atom is -0.370 e. The lowest BCUT2D eigenvalue weighted by Crippen LogP contribution is -2.52. The average molecular weight is 252 g/mol. The molecule has 0 aliphatic heterocycles. The molecule has 2 aliphatic carbocycles. The van der Waals surface area contributed by atoms with Gasteiger partial charge in [-0.05, 0) is 56.9 Å². The molecule has 3 N–H and O–H groups in total. The minimum absolute atomic E-state index is 0.00961. The van der Waals surface area contributed by atoms with E-state index in [2.05, 4.69) is 12.2 Å². The molecule has 3 heteroatoms. The highest BCUT2D eigenvalue weighted by Crippen LogP contribution is 2.51. The van der Waals surface area contributed by atoms with E-state index in [1.807, 2.05) is 0 Å². The highest BCUT2D eigenvalue weighted by atomic mass is 16.1. The lowest BCUT2D eigenvalue weighted by atomic mass is 9.65. The number of primary amides is 1. The quantitative estimate of drug-likeness (QED) is 0.790. The molecule has 2 fully saturated rings. The van der Waals surface area contributed by atoms with E-state index in [-0.39, 0.29) is 11.4 Å². The van der Waals surface area contributed by atoms with Crippen LogP contribution < -0.4 is 11.1 Å². The van der Waals surface area contributed by atoms with Crippen LogP contribution in [0.5, 0.6) is 0 Å². The Morgan fingerprint density at radius 2 is 1.72 bits per heavy atom. The summed E-state index contributed by atoms with van der Waals surface area (Å²) in [6, 6.07) is 0. The summed E-state index contributed by atoms with van der Waals surface area (Å²) in [5.74, 6) is -0.152. The molecule has 3 nitrogen and oxygen atoms in total. The van der Waals surface area contributed by atoms with Gasteiger partial charge in [-0.2, -0.15) is 0 Å². The molecule has 0 atom stereocenters. The third-order valence-electron chi connectivity index (χ3n) is 5.19. The van der Waals surface area contributed by atoms with Crippen LogP contribution in [-0.4, -0.2) is 18.0 Å². The average Bonchev–Trinajstić information content (AvgIpc) is 2.79. The van der Waals surface area contributed by atoms with Crippen molar-refractivity contribution in [2.24, 2.45) is 11.1 Å². The first kappa shape index (κ1) is 13.9. The fourth-order valence-electron chi connectivity index (χ4n) is 4.02. The van der Waals surface area contributed by atoms with Gasteiger partial charge >= 0.3 is 0 Å². The molecule has 0 aromatic carbocycles. The molecule has 0 bridgehead atoms. The molecule has 2 aliphatic rings. The maximum absolute atomic E-state index is 11.3. The molecule has 1 amide bonds. The van der Waals surface area contributed by atoms with Crippen molar-refractivity contribution in [3.05, 3.63) is 0 Å². The summed E-state index contributed by atoms with van der Waals surface area (Å²) in [5.41, 5.74) is 6.08. The molecule has 0 radical (unpaired) electrons. The zero-order chi connectivity index (χ0) is 13.1. The van der Waals surface area contributed by atoms with Crippen molar-refractivity contribution in [2.45, 2.75) is 76.7 Å². The van der Waals surface area contributed by atoms with E-state index in [1.165, 1.54) is 38.5 Å². The highest BCUT2D eigenvalue weighted by molar-refractivity contribution is 5.75. The molecule has 0 heterocycles. The smallest absolute Gasteiger partial charge is 0.219 e. The standard InChI is InChI=1S/C15H28N2O/c1-2-11-17-15(12-13(16)18)9-7-14(8-10-15)5-3-4-6-14/h17H,2-12H2,1H3,(H2,16,18). The molecule has 18 heavy (non-hydrogen) atoms. The first-order chi connectivity index (χ1) is 8.60. The van der Waals surface area contributed by atoms with Gasteiger partial charge in [0.05, 0.1) is 0 Å². The summed E-state index contributed by atoms with van der Waals surface area (Å²) < 4.78 is 0. The number of nitrogens with two attached hydrogens (primary N) is 1. The third kappa shape index (κ3) is 3.05. The van der Waals surface area contributed by atoms with Gasteiger partial charge in [0.2, 0.25) is 5.91 Å². The molecule has 104 valence electrons. The van der Waals surface area contributed by atoms with Gasteiger partial charge in [0, 0.05) is 12.0 Å². The van der Waals surface area contributed by atoms with Crippen LogP contribution in [0.2, 0.25) is 0 Å². The van der Waals surface area contributed by atoms with Crippen LogP contribution in [-0.2, 0) is 4.79 Å². The van der Waals surface area contributed by atoms with Crippen LogP contribution >= 0.6 is 0 Å². The molecule has 2 rings (SSSR count). The molecule has 1 spiro atoms. The van der Waals surface area contributed by atoms with Gasteiger partial charge in [-0.15, -0.1) is 0 Å². The summed E-state index contributed by atoms with van der Waals surface area (Å²) in [7, 11) is 0. The Morgan fingerprint density at radius 1 is 1.11 bits per heavy atom. The van der Waals surface area contributed by atoms with Crippen molar-refractivity contribution in [2.75, 3.05) is 6.54 Å². The summed E-state index contributed by atoms with van der Waals surface area (Å²) in [5, 5.41) is 3.62. The molecular formula is C15H28N2O. The molecule has 0 aromatic heterocycles. The van der Waals surface area contributed by atoms with Gasteiger partial charge in [0.1, 0.15) is 0 Å². The molecule has 0 saturated heterocycles. The Kier molecular flexibility index (Phi) is 4.31. The van der Waals surface area contributed by atoms with Crippen LogP contribution in [0.3, 0.4) is 0 Å². The number of hydrogen-bond donors (Lipinski definition) is 2. The summed E-state index contributed by atoms with van der Waals surface area (Å²) in [6.07, 6.45) is 12.1. The van der Waals surface area contributed by atoms with Gasteiger partial charge in [0.25, 0.3) is 0 Å². The van der Waals surface area contributed by atoms with E-state index in [0.717, 1.165) is 25.8 Å². The number of carbonyl (C=O) groups is 1. The van der Waals surface area contributed by atoms with Gasteiger partial charge in [0.15, 0.2) is 0 Å². The Bertz CT molecular complexity index is 285. The number of nitrogens with one attached hydrogen (secondary N) is 1. The molecule has 2 saturated carbocycles. The van der Waals surface area contributed by atoms with E-state index in [9.17, 15) is 4.79 Å². The number of amides is 1. The van der Waals surface area contributed by atoms with E-state index in [4.69, 9.17) is 5.73 Å². The van der Waals surface area contributed by atoms with Crippen molar-refractivity contribution in [1.82, 2.24) is 5.32 Å². The maximum atomic E-state index is 11.3. The van der Waals surface area contributed by atoms with Gasteiger partial charge in [-0.25, -0.2) is 0 Å². The monoisotopic (exact) mass is 252 g/mol. The van der Waals surface area contributed by atoms with E-state index in [1.54, 1.807) is 0 Å². The van der Waals surface area contributed by atoms with Crippen molar-refractivity contribution < 1.29 is 4.79 Å². The lowest BCUT2D eigenvalue weighted by Gasteiger charge is -2.45. The van der Waals surface area contributed by atoms with Crippen LogP contribution in [0.15, 0.2) is 0 Å². The third-order valence-corrected chi connectivity index (χ3v) is 5.19. The normalized spacial score (nSPS) is 25.4. The van der Waals surface area contributed by atoms with Crippen molar-refractivity contribution in [1.29, 1.82) is 0 Å². The van der Waals surface area contributed by atoms with Gasteiger partial charge < -0.3 is 11.1 Å². The second-order valence-electron chi connectivity index (χ2n) is 6.56. The van der Waals surface area contributed by atoms with E-state index < -0.39 is 0 Å². The van der Waals surface area contributed by atoms with Crippen molar-refractivity contribution >= 4 is 5.91 Å². The fraction of sp³-hybridized carbons (Fsp3) is 0.933. The SMILES string of the molecule is CCCNC1(CC(N)=O)CCC2(CCCC2)CC1. The topological polar surface area (TPSA) is 55.1 Å². The predicted octanol–water partition coefficient (Wildman–Crippen LogP) is 2.73. The van der Waals surface area contributed by atoms with E-state index >= 15 is 0 Å². The second kappa shape index (κ2) is 5.60. The van der Waals surface area contributed by atoms with Crippen LogP contribution in [0.4, 0.5) is 0 Å². The van der Waals surface area contributed by atoms with Crippen LogP contribution in [0.25, 0.3) is 0 Å². The predicted molar refractivity (Wildman–Crippen MR) is 74.2 cm³/mol. The molecule has 0 unspecified atom stereocenters. The zero-order valence-electron chi connectivity index (χ0n) is 11.8. The minimum atomic E-state index is -0.152. The first-order valence-corrected chi connectivity index (χ1v) is 7.63.